The van der Waals surface area contributed by atoms with Gasteiger partial charge in [-0.25, -0.2) is 0 Å². The van der Waals surface area contributed by atoms with Crippen LogP contribution in [-0.4, -0.2) is 10.8 Å². The van der Waals surface area contributed by atoms with Crippen molar-refractivity contribution in [1.82, 2.24) is 4.98 Å². The van der Waals surface area contributed by atoms with Gasteiger partial charge < -0.3 is 4.98 Å². The van der Waals surface area contributed by atoms with E-state index in [4.69, 9.17) is 5.26 Å². The number of ketones is 1. The van der Waals surface area contributed by atoms with E-state index in [1.807, 2.05) is 31.2 Å². The van der Waals surface area contributed by atoms with Crippen LogP contribution in [0.2, 0.25) is 0 Å². The summed E-state index contributed by atoms with van der Waals surface area (Å²) in [5.74, 6) is -0.0630. The number of nitrogens with one attached hydrogen (secondary N) is 1. The van der Waals surface area contributed by atoms with E-state index in [0.29, 0.717) is 16.7 Å². The molecule has 0 amide bonds. The van der Waals surface area contributed by atoms with Crippen LogP contribution in [0.5, 0.6) is 0 Å². The summed E-state index contributed by atoms with van der Waals surface area (Å²) in [6, 6.07) is 13.1. The molecule has 1 aromatic heterocycles. The molecule has 0 fully saturated rings. The minimum atomic E-state index is -0.0630. The van der Waals surface area contributed by atoms with E-state index in [9.17, 15) is 4.79 Å². The third-order valence-corrected chi connectivity index (χ3v) is 4.11. The molecule has 0 aliphatic rings. The van der Waals surface area contributed by atoms with Gasteiger partial charge in [-0.15, -0.1) is 0 Å². The Labute approximate surface area is 130 Å². The number of fused-ring (bicyclic) bond motifs is 1. The molecule has 1 N–H and O–H groups in total. The Morgan fingerprint density at radius 1 is 1.19 bits per heavy atom. The Bertz CT molecular complexity index is 903. The second kappa shape index (κ2) is 5.19. The van der Waals surface area contributed by atoms with E-state index >= 15 is 0 Å². The maximum atomic E-state index is 12.8. The third kappa shape index (κ3) is 2.37. The minimum absolute atomic E-state index is 0.0630. The average Bonchev–Trinajstić information content (AvgIpc) is 2.91. The lowest BCUT2D eigenvalue weighted by Gasteiger charge is -2.04. The number of hydrogen-bond donors (Lipinski definition) is 1. The zero-order valence-electron chi connectivity index (χ0n) is 11.3. The third-order valence-electron chi connectivity index (χ3n) is 3.42. The van der Waals surface area contributed by atoms with Gasteiger partial charge in [-0.1, -0.05) is 27.6 Å². The van der Waals surface area contributed by atoms with Crippen LogP contribution in [0.1, 0.15) is 27.0 Å². The fraction of sp³-hybridized carbons (Fsp3) is 0.0588. The van der Waals surface area contributed by atoms with E-state index in [-0.39, 0.29) is 5.78 Å². The fourth-order valence-corrected chi connectivity index (χ4v) is 2.76. The van der Waals surface area contributed by atoms with Crippen LogP contribution >= 0.6 is 15.9 Å². The number of benzene rings is 2. The summed E-state index contributed by atoms with van der Waals surface area (Å²) in [7, 11) is 0. The van der Waals surface area contributed by atoms with Crippen LogP contribution < -0.4 is 0 Å². The van der Waals surface area contributed by atoms with Gasteiger partial charge in [-0.2, -0.15) is 5.26 Å². The summed E-state index contributed by atoms with van der Waals surface area (Å²) in [6.45, 7) is 1.95. The van der Waals surface area contributed by atoms with Gasteiger partial charge in [0.15, 0.2) is 5.78 Å². The first-order valence-corrected chi connectivity index (χ1v) is 7.21. The smallest absolute Gasteiger partial charge is 0.196 e. The van der Waals surface area contributed by atoms with E-state index < -0.39 is 0 Å². The Hall–Kier alpha value is -2.38. The fourth-order valence-electron chi connectivity index (χ4n) is 2.34. The number of nitrogens with zero attached hydrogens (tertiary/aromatic N) is 1. The van der Waals surface area contributed by atoms with Crippen LogP contribution in [0.25, 0.3) is 10.9 Å². The molecule has 3 nitrogen and oxygen atoms in total. The quantitative estimate of drug-likeness (QED) is 0.706. The maximum absolute atomic E-state index is 12.8. The highest BCUT2D eigenvalue weighted by Crippen LogP contribution is 2.26. The van der Waals surface area contributed by atoms with Gasteiger partial charge in [0.1, 0.15) is 0 Å². The van der Waals surface area contributed by atoms with Crippen molar-refractivity contribution in [3.05, 3.63) is 69.3 Å². The Balaban J connectivity index is 2.18. The van der Waals surface area contributed by atoms with Crippen molar-refractivity contribution in [3.63, 3.8) is 0 Å². The molecular formula is C17H11BrN2O. The molecule has 0 aliphatic carbocycles. The molecule has 0 bridgehead atoms. The lowest BCUT2D eigenvalue weighted by atomic mass is 10.0. The second-order valence-electron chi connectivity index (χ2n) is 4.89. The summed E-state index contributed by atoms with van der Waals surface area (Å²) in [6.07, 6.45) is 1.70. The van der Waals surface area contributed by atoms with Crippen molar-refractivity contribution >= 4 is 32.6 Å². The molecule has 0 atom stereocenters. The van der Waals surface area contributed by atoms with Gasteiger partial charge in [-0.3, -0.25) is 4.79 Å². The Morgan fingerprint density at radius 2 is 2.00 bits per heavy atom. The first kappa shape index (κ1) is 13.6. The number of nitriles is 1. The highest BCUT2D eigenvalue weighted by atomic mass is 79.9. The molecule has 0 aliphatic heterocycles. The zero-order valence-corrected chi connectivity index (χ0v) is 12.9. The van der Waals surface area contributed by atoms with Crippen molar-refractivity contribution in [1.29, 1.82) is 5.26 Å². The van der Waals surface area contributed by atoms with Gasteiger partial charge in [0.05, 0.1) is 11.6 Å². The van der Waals surface area contributed by atoms with Gasteiger partial charge >= 0.3 is 0 Å². The van der Waals surface area contributed by atoms with Crippen LogP contribution in [0.4, 0.5) is 0 Å². The number of hydrogen-bond acceptors (Lipinski definition) is 2. The number of halogens is 1. The number of aromatic amines is 1. The minimum Gasteiger partial charge on any atom is -0.360 e. The number of aromatic nitrogens is 1. The summed E-state index contributed by atoms with van der Waals surface area (Å²) in [5, 5.41) is 9.78. The van der Waals surface area contributed by atoms with Gasteiger partial charge in [0.25, 0.3) is 0 Å². The number of H-pyrrole nitrogens is 1. The van der Waals surface area contributed by atoms with E-state index in [1.165, 1.54) is 0 Å². The summed E-state index contributed by atoms with van der Waals surface area (Å²) < 4.78 is 0.767. The maximum Gasteiger partial charge on any atom is 0.196 e. The molecule has 21 heavy (non-hydrogen) atoms. The first-order valence-electron chi connectivity index (χ1n) is 6.42. The van der Waals surface area contributed by atoms with E-state index in [2.05, 4.69) is 27.0 Å². The normalized spacial score (nSPS) is 10.5. The summed E-state index contributed by atoms with van der Waals surface area (Å²) in [5.41, 5.74) is 3.62. The van der Waals surface area contributed by atoms with Gasteiger partial charge in [0.2, 0.25) is 0 Å². The summed E-state index contributed by atoms with van der Waals surface area (Å²) in [4.78, 5) is 15.8. The highest BCUT2D eigenvalue weighted by molar-refractivity contribution is 9.10. The monoisotopic (exact) mass is 338 g/mol. The lowest BCUT2D eigenvalue weighted by Crippen LogP contribution is -2.02. The Morgan fingerprint density at radius 3 is 2.76 bits per heavy atom. The molecule has 2 aromatic carbocycles. The molecular weight excluding hydrogens is 328 g/mol. The molecule has 0 spiro atoms. The number of carbonyl (C=O) groups excluding carboxylic acids is 1. The molecule has 0 saturated heterocycles. The SMILES string of the molecule is Cc1ccc(Br)c(C(=O)c2c[nH]c3ccc(C#N)cc23)c1. The van der Waals surface area contributed by atoms with Crippen LogP contribution in [-0.2, 0) is 0 Å². The molecule has 4 heteroatoms. The van der Waals surface area contributed by atoms with E-state index in [1.54, 1.807) is 18.3 Å². The molecule has 3 rings (SSSR count). The van der Waals surface area contributed by atoms with Crippen LogP contribution in [0.15, 0.2) is 47.1 Å². The van der Waals surface area contributed by atoms with Crippen LogP contribution in [0.3, 0.4) is 0 Å². The molecule has 0 unspecified atom stereocenters. The lowest BCUT2D eigenvalue weighted by molar-refractivity contribution is 0.103. The predicted octanol–water partition coefficient (Wildman–Crippen LogP) is 4.34. The Kier molecular flexibility index (Phi) is 3.36. The van der Waals surface area contributed by atoms with Crippen molar-refractivity contribution in [2.45, 2.75) is 6.92 Å². The van der Waals surface area contributed by atoms with Crippen molar-refractivity contribution in [3.8, 4) is 6.07 Å². The molecule has 102 valence electrons. The van der Waals surface area contributed by atoms with Crippen molar-refractivity contribution < 1.29 is 4.79 Å². The number of carbonyl (C=O) groups is 1. The topological polar surface area (TPSA) is 56.6 Å². The highest BCUT2D eigenvalue weighted by Gasteiger charge is 2.17. The van der Waals surface area contributed by atoms with Gasteiger partial charge in [0, 0.05) is 32.7 Å². The predicted molar refractivity (Wildman–Crippen MR) is 85.3 cm³/mol. The van der Waals surface area contributed by atoms with E-state index in [0.717, 1.165) is 20.9 Å². The zero-order chi connectivity index (χ0) is 15.0. The van der Waals surface area contributed by atoms with Crippen LogP contribution in [0, 0.1) is 18.3 Å². The first-order chi connectivity index (χ1) is 10.1. The molecule has 3 aromatic rings. The molecule has 0 radical (unpaired) electrons. The average molecular weight is 339 g/mol. The summed E-state index contributed by atoms with van der Waals surface area (Å²) >= 11 is 3.43. The number of rotatable bonds is 2. The standard InChI is InChI=1S/C17H11BrN2O/c1-10-2-4-15(18)13(6-10)17(21)14-9-20-16-5-3-11(8-19)7-12(14)16/h2-7,9,20H,1H3. The second-order valence-corrected chi connectivity index (χ2v) is 5.74. The largest absolute Gasteiger partial charge is 0.360 e. The van der Waals surface area contributed by atoms with Crippen molar-refractivity contribution in [2.75, 3.05) is 0 Å². The number of aryl methyl sites for hydroxylation is 1. The molecule has 0 saturated carbocycles. The van der Waals surface area contributed by atoms with Crippen molar-refractivity contribution in [2.24, 2.45) is 0 Å². The molecule has 1 heterocycles. The van der Waals surface area contributed by atoms with Gasteiger partial charge in [-0.05, 0) is 37.3 Å².